The lowest BCUT2D eigenvalue weighted by atomic mass is 9.92. The summed E-state index contributed by atoms with van der Waals surface area (Å²) in [5.74, 6) is 0.163. The zero-order chi connectivity index (χ0) is 10.6. The number of nitriles is 1. The van der Waals surface area contributed by atoms with Crippen LogP contribution < -0.4 is 10.2 Å². The minimum absolute atomic E-state index is 0.167. The summed E-state index contributed by atoms with van der Waals surface area (Å²) < 4.78 is 4.98. The Balaban J connectivity index is 3.11. The average molecular weight is 185 g/mol. The highest BCUT2D eigenvalue weighted by Crippen LogP contribution is 2.17. The number of carbonyl (C=O) groups is 1. The van der Waals surface area contributed by atoms with Gasteiger partial charge in [-0.15, -0.1) is 0 Å². The maximum Gasteiger partial charge on any atom is 0.180 e. The molecule has 0 unspecified atom stereocenters. The fourth-order valence-corrected chi connectivity index (χ4v) is 1.11. The van der Waals surface area contributed by atoms with Crippen molar-refractivity contribution >= 4 is 19.1 Å². The van der Waals surface area contributed by atoms with Crippen LogP contribution in [-0.4, -0.2) is 20.7 Å². The molecule has 0 spiro atoms. The molecular weight excluding hydrogens is 177 g/mol. The Morgan fingerprint density at radius 3 is 2.93 bits per heavy atom. The van der Waals surface area contributed by atoms with Crippen molar-refractivity contribution in [2.45, 2.75) is 6.42 Å². The van der Waals surface area contributed by atoms with Crippen molar-refractivity contribution < 1.29 is 9.53 Å². The Morgan fingerprint density at radius 2 is 2.36 bits per heavy atom. The molecule has 0 fully saturated rings. The number of benzene rings is 1. The molecule has 0 aliphatic heterocycles. The lowest BCUT2D eigenvalue weighted by molar-refractivity contribution is 0.0995. The summed E-state index contributed by atoms with van der Waals surface area (Å²) in [6, 6.07) is 6.56. The third-order valence-electron chi connectivity index (χ3n) is 1.76. The van der Waals surface area contributed by atoms with Gasteiger partial charge < -0.3 is 4.74 Å². The number of carbonyl (C=O) groups excluding carboxylic acids is 1. The highest BCUT2D eigenvalue weighted by molar-refractivity contribution is 6.32. The Hall–Kier alpha value is -1.76. The van der Waals surface area contributed by atoms with Gasteiger partial charge in [-0.1, -0.05) is 17.6 Å². The summed E-state index contributed by atoms with van der Waals surface area (Å²) >= 11 is 0. The van der Waals surface area contributed by atoms with E-state index in [9.17, 15) is 4.79 Å². The third-order valence-corrected chi connectivity index (χ3v) is 1.76. The second-order valence-corrected chi connectivity index (χ2v) is 2.72. The van der Waals surface area contributed by atoms with Crippen LogP contribution in [0.2, 0.25) is 0 Å². The number of nitrogens with zero attached hydrogens (tertiary/aromatic N) is 1. The summed E-state index contributed by atoms with van der Waals surface area (Å²) in [5.41, 5.74) is 0.834. The summed E-state index contributed by atoms with van der Waals surface area (Å²) in [6.07, 6.45) is -0.167. The molecular formula is C10H8BNO2. The van der Waals surface area contributed by atoms with Gasteiger partial charge in [0.2, 0.25) is 0 Å². The number of ketones is 1. The van der Waals surface area contributed by atoms with Gasteiger partial charge in [0.05, 0.1) is 25.2 Å². The fourth-order valence-electron chi connectivity index (χ4n) is 1.11. The Labute approximate surface area is 83.7 Å². The molecule has 3 nitrogen and oxygen atoms in total. The van der Waals surface area contributed by atoms with Crippen LogP contribution in [0.15, 0.2) is 18.2 Å². The van der Waals surface area contributed by atoms with E-state index < -0.39 is 0 Å². The van der Waals surface area contributed by atoms with Gasteiger partial charge in [-0.25, -0.2) is 0 Å². The van der Waals surface area contributed by atoms with Gasteiger partial charge in [-0.05, 0) is 6.07 Å². The summed E-state index contributed by atoms with van der Waals surface area (Å²) in [6.45, 7) is 0. The van der Waals surface area contributed by atoms with Gasteiger partial charge in [0.25, 0.3) is 0 Å². The van der Waals surface area contributed by atoms with E-state index in [1.807, 2.05) is 0 Å². The minimum Gasteiger partial charge on any atom is -0.496 e. The van der Waals surface area contributed by atoms with E-state index in [1.165, 1.54) is 13.2 Å². The van der Waals surface area contributed by atoms with Gasteiger partial charge in [-0.2, -0.15) is 5.26 Å². The molecule has 0 aliphatic rings. The van der Waals surface area contributed by atoms with Crippen molar-refractivity contribution in [3.63, 3.8) is 0 Å². The number of ether oxygens (including phenoxy) is 1. The van der Waals surface area contributed by atoms with Crippen LogP contribution in [-0.2, 0) is 0 Å². The van der Waals surface area contributed by atoms with Gasteiger partial charge >= 0.3 is 0 Å². The second-order valence-electron chi connectivity index (χ2n) is 2.72. The minimum atomic E-state index is -0.281. The number of hydrogen-bond acceptors (Lipinski definition) is 3. The normalized spacial score (nSPS) is 9.14. The molecule has 2 radical (unpaired) electrons. The van der Waals surface area contributed by atoms with E-state index in [0.29, 0.717) is 16.8 Å². The molecule has 0 saturated heterocycles. The van der Waals surface area contributed by atoms with E-state index in [-0.39, 0.29) is 12.2 Å². The largest absolute Gasteiger partial charge is 0.496 e. The third kappa shape index (κ3) is 2.14. The van der Waals surface area contributed by atoms with Crippen LogP contribution in [0.3, 0.4) is 0 Å². The maximum atomic E-state index is 11.4. The first-order valence-corrected chi connectivity index (χ1v) is 4.02. The molecule has 0 amide bonds. The zero-order valence-corrected chi connectivity index (χ0v) is 7.78. The molecule has 68 valence electrons. The molecule has 14 heavy (non-hydrogen) atoms. The van der Waals surface area contributed by atoms with Gasteiger partial charge in [0.1, 0.15) is 13.6 Å². The summed E-state index contributed by atoms with van der Waals surface area (Å²) in [5, 5.41) is 8.39. The summed E-state index contributed by atoms with van der Waals surface area (Å²) in [7, 11) is 6.99. The van der Waals surface area contributed by atoms with E-state index in [4.69, 9.17) is 17.8 Å². The molecule has 0 bridgehead atoms. The van der Waals surface area contributed by atoms with Crippen molar-refractivity contribution in [1.29, 1.82) is 5.26 Å². The number of methoxy groups -OCH3 is 1. The lowest BCUT2D eigenvalue weighted by Gasteiger charge is -2.06. The Kier molecular flexibility index (Phi) is 3.30. The van der Waals surface area contributed by atoms with Gasteiger partial charge in [0.15, 0.2) is 5.78 Å². The molecule has 0 aliphatic carbocycles. The quantitative estimate of drug-likeness (QED) is 0.511. The fraction of sp³-hybridized carbons (Fsp3) is 0.200. The average Bonchev–Trinajstić information content (AvgIpc) is 2.18. The van der Waals surface area contributed by atoms with Crippen molar-refractivity contribution in [3.8, 4) is 11.8 Å². The van der Waals surface area contributed by atoms with E-state index in [0.717, 1.165) is 0 Å². The highest BCUT2D eigenvalue weighted by Gasteiger charge is 2.11. The van der Waals surface area contributed by atoms with E-state index >= 15 is 0 Å². The smallest absolute Gasteiger partial charge is 0.180 e. The summed E-state index contributed by atoms with van der Waals surface area (Å²) in [4.78, 5) is 11.4. The van der Waals surface area contributed by atoms with Crippen molar-refractivity contribution in [3.05, 3.63) is 23.8 Å². The number of rotatable bonds is 3. The Morgan fingerprint density at radius 1 is 1.64 bits per heavy atom. The molecule has 0 aromatic heterocycles. The molecule has 0 saturated carbocycles. The topological polar surface area (TPSA) is 50.1 Å². The molecule has 0 atom stereocenters. The monoisotopic (exact) mass is 185 g/mol. The highest BCUT2D eigenvalue weighted by atomic mass is 16.5. The first kappa shape index (κ1) is 10.3. The predicted octanol–water partition coefficient (Wildman–Crippen LogP) is 0.585. The number of hydrogen-bond donors (Lipinski definition) is 0. The van der Waals surface area contributed by atoms with Crippen LogP contribution in [0, 0.1) is 11.3 Å². The molecule has 0 heterocycles. The number of Topliss-reactive ketones (excluding diaryl/α,β-unsaturated/α-hetero) is 1. The van der Waals surface area contributed by atoms with Crippen LogP contribution in [0.4, 0.5) is 0 Å². The van der Waals surface area contributed by atoms with Crippen LogP contribution in [0.25, 0.3) is 0 Å². The van der Waals surface area contributed by atoms with Crippen molar-refractivity contribution in [2.24, 2.45) is 0 Å². The van der Waals surface area contributed by atoms with E-state index in [1.54, 1.807) is 18.2 Å². The predicted molar refractivity (Wildman–Crippen MR) is 52.9 cm³/mol. The molecule has 4 heteroatoms. The maximum absolute atomic E-state index is 11.4. The molecule has 1 aromatic carbocycles. The van der Waals surface area contributed by atoms with E-state index in [2.05, 4.69) is 0 Å². The Bertz CT molecular complexity index is 396. The molecule has 1 rings (SSSR count). The molecule has 0 N–H and O–H groups in total. The van der Waals surface area contributed by atoms with Gasteiger partial charge in [-0.3, -0.25) is 4.79 Å². The first-order chi connectivity index (χ1) is 6.69. The zero-order valence-electron chi connectivity index (χ0n) is 7.78. The van der Waals surface area contributed by atoms with Crippen LogP contribution in [0.5, 0.6) is 5.75 Å². The standard InChI is InChI=1S/C10H8BNO2/c1-14-10-3-2-7(11)6-8(10)9(13)4-5-12/h2-3,6H,4H2,1H3. The van der Waals surface area contributed by atoms with Gasteiger partial charge in [0, 0.05) is 0 Å². The van der Waals surface area contributed by atoms with Crippen molar-refractivity contribution in [1.82, 2.24) is 0 Å². The second kappa shape index (κ2) is 4.47. The van der Waals surface area contributed by atoms with Crippen LogP contribution in [0.1, 0.15) is 16.8 Å². The van der Waals surface area contributed by atoms with Crippen molar-refractivity contribution in [2.75, 3.05) is 7.11 Å². The first-order valence-electron chi connectivity index (χ1n) is 4.02. The molecule has 1 aromatic rings. The SMILES string of the molecule is [B]c1ccc(OC)c(C(=O)CC#N)c1. The lowest BCUT2D eigenvalue weighted by Crippen LogP contribution is -2.08. The van der Waals surface area contributed by atoms with Crippen LogP contribution >= 0.6 is 0 Å².